The molecule has 1 aliphatic rings. The number of urea groups is 1. The van der Waals surface area contributed by atoms with Crippen molar-refractivity contribution in [2.24, 2.45) is 0 Å². The van der Waals surface area contributed by atoms with Gasteiger partial charge in [-0.25, -0.2) is 4.79 Å². The molecule has 1 heterocycles. The molecule has 0 aromatic heterocycles. The fraction of sp³-hybridized carbons (Fsp3) is 0.500. The van der Waals surface area contributed by atoms with Crippen LogP contribution >= 0.6 is 0 Å². The Kier molecular flexibility index (Phi) is 2.15. The molecule has 10 heavy (non-hydrogen) atoms. The monoisotopic (exact) mass is 142 g/mol. The molecule has 0 aliphatic carbocycles. The van der Waals surface area contributed by atoms with Gasteiger partial charge in [0.2, 0.25) is 0 Å². The van der Waals surface area contributed by atoms with Crippen molar-refractivity contribution in [1.29, 1.82) is 0 Å². The Labute approximate surface area is 59.1 Å². The van der Waals surface area contributed by atoms with Gasteiger partial charge in [-0.05, 0) is 6.08 Å². The van der Waals surface area contributed by atoms with E-state index in [4.69, 9.17) is 5.11 Å². The number of carbonyl (C=O) groups is 1. The number of aliphatic hydroxyl groups excluding tert-OH is 1. The van der Waals surface area contributed by atoms with E-state index in [0.29, 0.717) is 13.1 Å². The molecule has 2 N–H and O–H groups in total. The van der Waals surface area contributed by atoms with Gasteiger partial charge in [-0.2, -0.15) is 0 Å². The van der Waals surface area contributed by atoms with Crippen LogP contribution in [-0.2, 0) is 0 Å². The van der Waals surface area contributed by atoms with Crippen LogP contribution in [0.25, 0.3) is 0 Å². The largest absolute Gasteiger partial charge is 0.516 e. The van der Waals surface area contributed by atoms with Gasteiger partial charge in [0, 0.05) is 19.6 Å². The Hall–Kier alpha value is -1.19. The maximum absolute atomic E-state index is 10.8. The summed E-state index contributed by atoms with van der Waals surface area (Å²) in [6, 6.07) is -0.0573. The summed E-state index contributed by atoms with van der Waals surface area (Å²) in [5.41, 5.74) is 0. The number of nitrogens with zero attached hydrogens (tertiary/aromatic N) is 1. The van der Waals surface area contributed by atoms with Crippen LogP contribution in [0.4, 0.5) is 4.79 Å². The second-order valence-electron chi connectivity index (χ2n) is 2.06. The molecule has 2 amide bonds. The molecule has 4 heteroatoms. The fourth-order valence-electron chi connectivity index (χ4n) is 0.860. The van der Waals surface area contributed by atoms with Gasteiger partial charge in [-0.15, -0.1) is 0 Å². The maximum atomic E-state index is 10.8. The molecule has 1 aliphatic heterocycles. The van der Waals surface area contributed by atoms with E-state index in [1.54, 1.807) is 4.90 Å². The molecule has 0 unspecified atom stereocenters. The van der Waals surface area contributed by atoms with E-state index < -0.39 is 0 Å². The Morgan fingerprint density at radius 2 is 2.60 bits per heavy atom. The number of carbonyl (C=O) groups excluding carboxylic acids is 1. The predicted octanol–water partition coefficient (Wildman–Crippen LogP) is 0.0833. The molecule has 0 bridgehead atoms. The summed E-state index contributed by atoms with van der Waals surface area (Å²) in [6.45, 7) is 1.92. The van der Waals surface area contributed by atoms with Gasteiger partial charge >= 0.3 is 6.03 Å². The molecule has 0 atom stereocenters. The molecule has 1 fully saturated rings. The van der Waals surface area contributed by atoms with Gasteiger partial charge in [0.25, 0.3) is 0 Å². The third-order valence-corrected chi connectivity index (χ3v) is 1.38. The van der Waals surface area contributed by atoms with E-state index in [9.17, 15) is 4.79 Å². The van der Waals surface area contributed by atoms with Gasteiger partial charge in [0.1, 0.15) is 0 Å². The number of amides is 2. The van der Waals surface area contributed by atoms with Crippen LogP contribution in [0.3, 0.4) is 0 Å². The van der Waals surface area contributed by atoms with Crippen molar-refractivity contribution in [3.05, 3.63) is 12.3 Å². The lowest BCUT2D eigenvalue weighted by Crippen LogP contribution is -2.28. The van der Waals surface area contributed by atoms with Crippen molar-refractivity contribution in [3.63, 3.8) is 0 Å². The molecule has 4 nitrogen and oxygen atoms in total. The number of hydrogen-bond acceptors (Lipinski definition) is 2. The minimum absolute atomic E-state index is 0.0573. The molecule has 0 radical (unpaired) electrons. The van der Waals surface area contributed by atoms with Gasteiger partial charge in [-0.3, -0.25) is 0 Å². The first kappa shape index (κ1) is 6.92. The number of hydrogen-bond donors (Lipinski definition) is 2. The van der Waals surface area contributed by atoms with Crippen molar-refractivity contribution in [1.82, 2.24) is 10.2 Å². The molecule has 1 rings (SSSR count). The lowest BCUT2D eigenvalue weighted by atomic mass is 10.5. The Bertz CT molecular complexity index is 156. The molecule has 0 saturated carbocycles. The summed E-state index contributed by atoms with van der Waals surface area (Å²) < 4.78 is 0. The molecule has 0 aromatic carbocycles. The highest BCUT2D eigenvalue weighted by Gasteiger charge is 2.16. The topological polar surface area (TPSA) is 52.6 Å². The highest BCUT2D eigenvalue weighted by Crippen LogP contribution is 1.95. The first-order valence-corrected chi connectivity index (χ1v) is 3.16. The molecular formula is C6H10N2O2. The van der Waals surface area contributed by atoms with Gasteiger partial charge in [-0.1, -0.05) is 0 Å². The van der Waals surface area contributed by atoms with E-state index in [1.165, 1.54) is 6.08 Å². The first-order chi connectivity index (χ1) is 4.84. The van der Waals surface area contributed by atoms with Crippen LogP contribution in [-0.4, -0.2) is 35.7 Å². The average Bonchev–Trinajstić information content (AvgIpc) is 2.31. The smallest absolute Gasteiger partial charge is 0.317 e. The van der Waals surface area contributed by atoms with Gasteiger partial charge < -0.3 is 15.3 Å². The maximum Gasteiger partial charge on any atom is 0.317 e. The fourth-order valence-corrected chi connectivity index (χ4v) is 0.860. The van der Waals surface area contributed by atoms with Crippen LogP contribution in [0.2, 0.25) is 0 Å². The van der Waals surface area contributed by atoms with E-state index in [0.717, 1.165) is 12.8 Å². The summed E-state index contributed by atoms with van der Waals surface area (Å²) in [4.78, 5) is 12.4. The first-order valence-electron chi connectivity index (χ1n) is 3.16. The number of nitrogens with one attached hydrogen (secondary N) is 1. The third kappa shape index (κ3) is 1.40. The molecular weight excluding hydrogens is 132 g/mol. The summed E-state index contributed by atoms with van der Waals surface area (Å²) in [6.07, 6.45) is 2.48. The van der Waals surface area contributed by atoms with E-state index in [-0.39, 0.29) is 6.03 Å². The zero-order chi connectivity index (χ0) is 7.40. The van der Waals surface area contributed by atoms with Gasteiger partial charge in [0.05, 0.1) is 6.26 Å². The normalized spacial score (nSPS) is 18.4. The summed E-state index contributed by atoms with van der Waals surface area (Å²) in [7, 11) is 0. The Morgan fingerprint density at radius 3 is 3.10 bits per heavy atom. The van der Waals surface area contributed by atoms with E-state index >= 15 is 0 Å². The van der Waals surface area contributed by atoms with Crippen LogP contribution in [0, 0.1) is 0 Å². The summed E-state index contributed by atoms with van der Waals surface area (Å²) in [5, 5.41) is 10.9. The predicted molar refractivity (Wildman–Crippen MR) is 36.7 cm³/mol. The second kappa shape index (κ2) is 3.10. The Balaban J connectivity index is 2.33. The summed E-state index contributed by atoms with van der Waals surface area (Å²) >= 11 is 0. The summed E-state index contributed by atoms with van der Waals surface area (Å²) in [5.74, 6) is 0. The van der Waals surface area contributed by atoms with Crippen LogP contribution < -0.4 is 5.32 Å². The number of rotatable bonds is 2. The minimum Gasteiger partial charge on any atom is -0.516 e. The lowest BCUT2D eigenvalue weighted by molar-refractivity contribution is 0.221. The van der Waals surface area contributed by atoms with Crippen molar-refractivity contribution < 1.29 is 9.90 Å². The highest BCUT2D eigenvalue weighted by atomic mass is 16.2. The standard InChI is InChI=1S/C6H10N2O2/c9-5-1-3-8-4-2-7-6(8)10/h1,5,9H,2-4H2,(H,7,10). The van der Waals surface area contributed by atoms with E-state index in [1.807, 2.05) is 0 Å². The van der Waals surface area contributed by atoms with Crippen molar-refractivity contribution in [2.75, 3.05) is 19.6 Å². The number of aliphatic hydroxyl groups is 1. The molecule has 1 saturated heterocycles. The molecule has 0 aromatic rings. The SMILES string of the molecule is O=C1NCCN1CC=CO. The zero-order valence-corrected chi connectivity index (χ0v) is 5.58. The van der Waals surface area contributed by atoms with E-state index in [2.05, 4.69) is 5.32 Å². The Morgan fingerprint density at radius 1 is 1.80 bits per heavy atom. The second-order valence-corrected chi connectivity index (χ2v) is 2.06. The quantitative estimate of drug-likeness (QED) is 0.536. The van der Waals surface area contributed by atoms with Crippen molar-refractivity contribution >= 4 is 6.03 Å². The zero-order valence-electron chi connectivity index (χ0n) is 5.58. The van der Waals surface area contributed by atoms with Crippen molar-refractivity contribution in [3.8, 4) is 0 Å². The third-order valence-electron chi connectivity index (χ3n) is 1.38. The van der Waals surface area contributed by atoms with Crippen molar-refractivity contribution in [2.45, 2.75) is 0 Å². The lowest BCUT2D eigenvalue weighted by Gasteiger charge is -2.09. The highest BCUT2D eigenvalue weighted by molar-refractivity contribution is 5.76. The van der Waals surface area contributed by atoms with Crippen LogP contribution in [0.1, 0.15) is 0 Å². The minimum atomic E-state index is -0.0573. The van der Waals surface area contributed by atoms with Gasteiger partial charge in [0.15, 0.2) is 0 Å². The average molecular weight is 142 g/mol. The van der Waals surface area contributed by atoms with Crippen LogP contribution in [0.5, 0.6) is 0 Å². The van der Waals surface area contributed by atoms with Crippen LogP contribution in [0.15, 0.2) is 12.3 Å². The molecule has 0 spiro atoms. The molecule has 56 valence electrons.